The van der Waals surface area contributed by atoms with Gasteiger partial charge in [0.15, 0.2) is 0 Å². The fraction of sp³-hybridized carbons (Fsp3) is 0.545. The third-order valence-electron chi connectivity index (χ3n) is 2.90. The van der Waals surface area contributed by atoms with Crippen LogP contribution in [0.1, 0.15) is 12.5 Å². The van der Waals surface area contributed by atoms with E-state index in [4.69, 9.17) is 5.73 Å². The summed E-state index contributed by atoms with van der Waals surface area (Å²) in [6.45, 7) is 5.35. The summed E-state index contributed by atoms with van der Waals surface area (Å²) in [4.78, 5) is 6.41. The Morgan fingerprint density at radius 3 is 2.71 bits per heavy atom. The van der Waals surface area contributed by atoms with Gasteiger partial charge in [0, 0.05) is 38.1 Å². The molecule has 14 heavy (non-hydrogen) atoms. The maximum atomic E-state index is 5.97. The third kappa shape index (κ3) is 2.11. The number of nitrogens with two attached hydrogens (primary N) is 1. The number of hydrogen-bond acceptors (Lipinski definition) is 3. The number of likely N-dealkylation sites (tertiary alicyclic amines) is 1. The maximum absolute atomic E-state index is 5.97. The van der Waals surface area contributed by atoms with Gasteiger partial charge in [0.2, 0.25) is 0 Å². The zero-order valence-corrected chi connectivity index (χ0v) is 8.56. The van der Waals surface area contributed by atoms with Crippen LogP contribution in [-0.2, 0) is 6.54 Å². The number of aromatic nitrogens is 1. The third-order valence-corrected chi connectivity index (χ3v) is 2.90. The molecule has 0 spiro atoms. The molecule has 2 heterocycles. The zero-order chi connectivity index (χ0) is 9.97. The lowest BCUT2D eigenvalue weighted by atomic mass is 10.1. The number of hydrogen-bond donors (Lipinski definition) is 1. The lowest BCUT2D eigenvalue weighted by molar-refractivity contribution is 0.319. The van der Waals surface area contributed by atoms with Crippen LogP contribution in [0.4, 0.5) is 0 Å². The molecule has 3 nitrogen and oxygen atoms in total. The Morgan fingerprint density at radius 2 is 2.14 bits per heavy atom. The van der Waals surface area contributed by atoms with Gasteiger partial charge < -0.3 is 5.73 Å². The molecule has 1 aromatic rings. The summed E-state index contributed by atoms with van der Waals surface area (Å²) in [6.07, 6.45) is 3.68. The molecule has 2 unspecified atom stereocenters. The fourth-order valence-electron chi connectivity index (χ4n) is 1.97. The predicted molar refractivity (Wildman–Crippen MR) is 56.7 cm³/mol. The molecule has 1 fully saturated rings. The maximum Gasteiger partial charge on any atom is 0.0271 e. The Balaban J connectivity index is 1.94. The quantitative estimate of drug-likeness (QED) is 0.754. The Kier molecular flexibility index (Phi) is 2.79. The van der Waals surface area contributed by atoms with E-state index in [2.05, 4.69) is 28.9 Å². The molecule has 0 bridgehead atoms. The lowest BCUT2D eigenvalue weighted by Crippen LogP contribution is -2.28. The van der Waals surface area contributed by atoms with Crippen LogP contribution in [0.5, 0.6) is 0 Å². The predicted octanol–water partition coefficient (Wildman–Crippen LogP) is 0.861. The van der Waals surface area contributed by atoms with Crippen molar-refractivity contribution < 1.29 is 0 Å². The first-order valence-corrected chi connectivity index (χ1v) is 5.12. The first-order valence-electron chi connectivity index (χ1n) is 5.12. The van der Waals surface area contributed by atoms with Crippen molar-refractivity contribution in [2.75, 3.05) is 13.1 Å². The van der Waals surface area contributed by atoms with E-state index in [-0.39, 0.29) is 0 Å². The van der Waals surface area contributed by atoms with Gasteiger partial charge in [-0.15, -0.1) is 0 Å². The summed E-state index contributed by atoms with van der Waals surface area (Å²) >= 11 is 0. The fourth-order valence-corrected chi connectivity index (χ4v) is 1.97. The molecule has 0 amide bonds. The lowest BCUT2D eigenvalue weighted by Gasteiger charge is -2.14. The summed E-state index contributed by atoms with van der Waals surface area (Å²) in [5, 5.41) is 0. The van der Waals surface area contributed by atoms with E-state index in [0.717, 1.165) is 19.6 Å². The molecule has 1 aliphatic heterocycles. The molecule has 2 rings (SSSR count). The smallest absolute Gasteiger partial charge is 0.0271 e. The second-order valence-electron chi connectivity index (χ2n) is 4.19. The van der Waals surface area contributed by atoms with E-state index < -0.39 is 0 Å². The van der Waals surface area contributed by atoms with Gasteiger partial charge in [0.1, 0.15) is 0 Å². The van der Waals surface area contributed by atoms with E-state index >= 15 is 0 Å². The standard InChI is InChI=1S/C11H17N3/c1-9-6-14(8-11(9)12)7-10-2-4-13-5-3-10/h2-5,9,11H,6-8,12H2,1H3. The molecule has 3 heteroatoms. The van der Waals surface area contributed by atoms with E-state index in [0.29, 0.717) is 12.0 Å². The van der Waals surface area contributed by atoms with Crippen molar-refractivity contribution in [1.29, 1.82) is 0 Å². The monoisotopic (exact) mass is 191 g/mol. The molecule has 1 aromatic heterocycles. The van der Waals surface area contributed by atoms with Gasteiger partial charge in [-0.3, -0.25) is 9.88 Å². The van der Waals surface area contributed by atoms with Gasteiger partial charge in [0.05, 0.1) is 0 Å². The molecule has 0 aromatic carbocycles. The van der Waals surface area contributed by atoms with E-state index in [1.54, 1.807) is 0 Å². The molecule has 0 radical (unpaired) electrons. The summed E-state index contributed by atoms with van der Waals surface area (Å²) in [6, 6.07) is 4.47. The molecule has 2 atom stereocenters. The topological polar surface area (TPSA) is 42.2 Å². The van der Waals surface area contributed by atoms with Crippen LogP contribution in [0, 0.1) is 5.92 Å². The highest BCUT2D eigenvalue weighted by atomic mass is 15.2. The molecular weight excluding hydrogens is 174 g/mol. The Morgan fingerprint density at radius 1 is 1.43 bits per heavy atom. The average molecular weight is 191 g/mol. The zero-order valence-electron chi connectivity index (χ0n) is 8.56. The molecule has 0 saturated carbocycles. The van der Waals surface area contributed by atoms with Crippen molar-refractivity contribution in [3.05, 3.63) is 30.1 Å². The van der Waals surface area contributed by atoms with Crippen molar-refractivity contribution in [2.24, 2.45) is 11.7 Å². The Labute approximate surface area is 84.9 Å². The first-order chi connectivity index (χ1) is 6.75. The van der Waals surface area contributed by atoms with E-state index in [9.17, 15) is 0 Å². The van der Waals surface area contributed by atoms with E-state index in [1.807, 2.05) is 12.4 Å². The van der Waals surface area contributed by atoms with Gasteiger partial charge >= 0.3 is 0 Å². The van der Waals surface area contributed by atoms with Crippen molar-refractivity contribution >= 4 is 0 Å². The minimum Gasteiger partial charge on any atom is -0.326 e. The van der Waals surface area contributed by atoms with Crippen LogP contribution < -0.4 is 5.73 Å². The SMILES string of the molecule is CC1CN(Cc2ccncc2)CC1N. The average Bonchev–Trinajstić information content (AvgIpc) is 2.47. The summed E-state index contributed by atoms with van der Waals surface area (Å²) in [5.41, 5.74) is 7.29. The van der Waals surface area contributed by atoms with Crippen molar-refractivity contribution in [3.63, 3.8) is 0 Å². The molecular formula is C11H17N3. The van der Waals surface area contributed by atoms with Crippen LogP contribution in [0.2, 0.25) is 0 Å². The molecule has 0 aliphatic carbocycles. The highest BCUT2D eigenvalue weighted by molar-refractivity contribution is 5.09. The van der Waals surface area contributed by atoms with Gasteiger partial charge in [-0.05, 0) is 23.6 Å². The summed E-state index contributed by atoms with van der Waals surface area (Å²) < 4.78 is 0. The highest BCUT2D eigenvalue weighted by Crippen LogP contribution is 2.16. The second kappa shape index (κ2) is 4.07. The highest BCUT2D eigenvalue weighted by Gasteiger charge is 2.25. The molecule has 1 saturated heterocycles. The van der Waals surface area contributed by atoms with Gasteiger partial charge in [-0.25, -0.2) is 0 Å². The first kappa shape index (κ1) is 9.62. The minimum atomic E-state index is 0.344. The minimum absolute atomic E-state index is 0.344. The van der Waals surface area contributed by atoms with Gasteiger partial charge in [0.25, 0.3) is 0 Å². The normalized spacial score (nSPS) is 28.1. The van der Waals surface area contributed by atoms with Gasteiger partial charge in [-0.2, -0.15) is 0 Å². The Bertz CT molecular complexity index is 276. The van der Waals surface area contributed by atoms with Gasteiger partial charge in [-0.1, -0.05) is 6.92 Å². The largest absolute Gasteiger partial charge is 0.326 e. The summed E-state index contributed by atoms with van der Waals surface area (Å²) in [5.74, 6) is 0.622. The summed E-state index contributed by atoms with van der Waals surface area (Å²) in [7, 11) is 0. The van der Waals surface area contributed by atoms with Crippen LogP contribution in [0.3, 0.4) is 0 Å². The van der Waals surface area contributed by atoms with Crippen LogP contribution in [0.15, 0.2) is 24.5 Å². The Hall–Kier alpha value is -0.930. The van der Waals surface area contributed by atoms with Crippen LogP contribution in [0.25, 0.3) is 0 Å². The van der Waals surface area contributed by atoms with Crippen LogP contribution in [-0.4, -0.2) is 29.0 Å². The number of rotatable bonds is 2. The van der Waals surface area contributed by atoms with Crippen molar-refractivity contribution in [3.8, 4) is 0 Å². The molecule has 76 valence electrons. The molecule has 1 aliphatic rings. The van der Waals surface area contributed by atoms with Crippen molar-refractivity contribution in [1.82, 2.24) is 9.88 Å². The second-order valence-corrected chi connectivity index (χ2v) is 4.19. The van der Waals surface area contributed by atoms with Crippen LogP contribution >= 0.6 is 0 Å². The number of nitrogens with zero attached hydrogens (tertiary/aromatic N) is 2. The number of pyridine rings is 1. The van der Waals surface area contributed by atoms with Crippen molar-refractivity contribution in [2.45, 2.75) is 19.5 Å². The molecule has 2 N–H and O–H groups in total. The van der Waals surface area contributed by atoms with E-state index in [1.165, 1.54) is 5.56 Å².